The maximum absolute atomic E-state index is 5.81. The quantitative estimate of drug-likeness (QED) is 0.791. The van der Waals surface area contributed by atoms with Gasteiger partial charge in [0.25, 0.3) is 0 Å². The van der Waals surface area contributed by atoms with Crippen LogP contribution in [0.25, 0.3) is 0 Å². The van der Waals surface area contributed by atoms with Crippen molar-refractivity contribution in [2.75, 3.05) is 7.11 Å². The third-order valence-electron chi connectivity index (χ3n) is 3.28. The molecular formula is C10H13BrN2O2. The van der Waals surface area contributed by atoms with E-state index in [1.54, 1.807) is 7.11 Å². The van der Waals surface area contributed by atoms with Crippen LogP contribution in [0.4, 0.5) is 0 Å². The van der Waals surface area contributed by atoms with Crippen molar-refractivity contribution in [1.82, 2.24) is 9.78 Å². The van der Waals surface area contributed by atoms with Crippen LogP contribution in [0.2, 0.25) is 0 Å². The number of methoxy groups -OCH3 is 1. The van der Waals surface area contributed by atoms with Crippen LogP contribution in [0.5, 0.6) is 0 Å². The highest BCUT2D eigenvalue weighted by atomic mass is 79.9. The lowest BCUT2D eigenvalue weighted by Gasteiger charge is -2.12. The van der Waals surface area contributed by atoms with Crippen LogP contribution in [0.1, 0.15) is 25.0 Å². The summed E-state index contributed by atoms with van der Waals surface area (Å²) in [5.41, 5.74) is 1.08. The van der Waals surface area contributed by atoms with E-state index in [0.29, 0.717) is 12.8 Å². The first-order valence-electron chi connectivity index (χ1n) is 5.16. The van der Waals surface area contributed by atoms with Crippen molar-refractivity contribution in [3.8, 4) is 0 Å². The molecule has 1 aliphatic heterocycles. The van der Waals surface area contributed by atoms with Crippen LogP contribution in [-0.4, -0.2) is 23.0 Å². The molecule has 5 heteroatoms. The molecule has 15 heavy (non-hydrogen) atoms. The molecule has 0 aromatic carbocycles. The van der Waals surface area contributed by atoms with E-state index in [-0.39, 0.29) is 5.60 Å². The molecule has 3 rings (SSSR count). The molecule has 0 spiro atoms. The Morgan fingerprint density at radius 1 is 1.80 bits per heavy atom. The lowest BCUT2D eigenvalue weighted by Crippen LogP contribution is -2.17. The van der Waals surface area contributed by atoms with Gasteiger partial charge >= 0.3 is 0 Å². The summed E-state index contributed by atoms with van der Waals surface area (Å²) in [6, 6.07) is 0. The molecule has 1 saturated heterocycles. The summed E-state index contributed by atoms with van der Waals surface area (Å²) >= 11 is 3.54. The predicted molar refractivity (Wildman–Crippen MR) is 57.3 cm³/mol. The average molecular weight is 273 g/mol. The van der Waals surface area contributed by atoms with Crippen LogP contribution in [0.15, 0.2) is 10.7 Å². The zero-order chi connectivity index (χ0) is 10.5. The van der Waals surface area contributed by atoms with E-state index in [9.17, 15) is 0 Å². The Bertz CT molecular complexity index is 393. The van der Waals surface area contributed by atoms with Gasteiger partial charge in [0.05, 0.1) is 22.5 Å². The lowest BCUT2D eigenvalue weighted by molar-refractivity contribution is 0.111. The fraction of sp³-hybridized carbons (Fsp3) is 0.700. The maximum Gasteiger partial charge on any atom is 0.139 e. The van der Waals surface area contributed by atoms with Crippen molar-refractivity contribution >= 4 is 15.9 Å². The van der Waals surface area contributed by atoms with E-state index in [2.05, 4.69) is 21.0 Å². The number of aromatic nitrogens is 2. The molecule has 2 heterocycles. The van der Waals surface area contributed by atoms with Gasteiger partial charge in [0.1, 0.15) is 12.3 Å². The van der Waals surface area contributed by atoms with Gasteiger partial charge in [-0.05, 0) is 35.2 Å². The Balaban J connectivity index is 1.99. The van der Waals surface area contributed by atoms with Crippen LogP contribution in [-0.2, 0) is 21.8 Å². The fourth-order valence-corrected chi connectivity index (χ4v) is 3.24. The van der Waals surface area contributed by atoms with Crippen molar-refractivity contribution < 1.29 is 9.47 Å². The minimum absolute atomic E-state index is 0.0616. The molecule has 1 aliphatic carbocycles. The molecule has 2 atom stereocenters. The summed E-state index contributed by atoms with van der Waals surface area (Å²) in [5, 5.41) is 4.29. The predicted octanol–water partition coefficient (Wildman–Crippen LogP) is 2.03. The number of rotatable bonds is 3. The fourth-order valence-electron chi connectivity index (χ4n) is 2.61. The van der Waals surface area contributed by atoms with Crippen molar-refractivity contribution in [3.05, 3.63) is 16.4 Å². The molecule has 82 valence electrons. The molecule has 2 aliphatic rings. The Morgan fingerprint density at radius 3 is 3.27 bits per heavy atom. The summed E-state index contributed by atoms with van der Waals surface area (Å²) in [4.78, 5) is 0. The summed E-state index contributed by atoms with van der Waals surface area (Å²) in [5.74, 6) is 0. The van der Waals surface area contributed by atoms with Gasteiger partial charge in [0, 0.05) is 7.11 Å². The average Bonchev–Trinajstić information content (AvgIpc) is 2.58. The van der Waals surface area contributed by atoms with Crippen molar-refractivity contribution in [2.24, 2.45) is 0 Å². The van der Waals surface area contributed by atoms with E-state index in [0.717, 1.165) is 16.6 Å². The van der Waals surface area contributed by atoms with Crippen LogP contribution < -0.4 is 0 Å². The number of hydrogen-bond acceptors (Lipinski definition) is 3. The van der Waals surface area contributed by atoms with Crippen LogP contribution in [0, 0.1) is 0 Å². The molecule has 1 aromatic rings. The van der Waals surface area contributed by atoms with Gasteiger partial charge < -0.3 is 9.47 Å². The Labute approximate surface area is 96.7 Å². The van der Waals surface area contributed by atoms with Gasteiger partial charge in [-0.15, -0.1) is 0 Å². The van der Waals surface area contributed by atoms with E-state index < -0.39 is 0 Å². The van der Waals surface area contributed by atoms with Crippen LogP contribution in [0.3, 0.4) is 0 Å². The highest BCUT2D eigenvalue weighted by Gasteiger charge is 2.62. The Kier molecular flexibility index (Phi) is 2.16. The molecular weight excluding hydrogens is 260 g/mol. The second-order valence-corrected chi connectivity index (χ2v) is 5.00. The number of fused-ring (bicyclic) bond motifs is 1. The van der Waals surface area contributed by atoms with Crippen LogP contribution >= 0.6 is 15.9 Å². The summed E-state index contributed by atoms with van der Waals surface area (Å²) in [6.45, 7) is 0.485. The van der Waals surface area contributed by atoms with E-state index in [4.69, 9.17) is 9.47 Å². The summed E-state index contributed by atoms with van der Waals surface area (Å²) < 4.78 is 13.9. The second kappa shape index (κ2) is 3.30. The number of nitrogens with zero attached hydrogens (tertiary/aromatic N) is 2. The minimum Gasteiger partial charge on any atom is -0.362 e. The first kappa shape index (κ1) is 9.81. The topological polar surface area (TPSA) is 39.6 Å². The normalized spacial score (nSPS) is 33.1. The van der Waals surface area contributed by atoms with Crippen molar-refractivity contribution in [1.29, 1.82) is 0 Å². The van der Waals surface area contributed by atoms with Gasteiger partial charge in [0.15, 0.2) is 0 Å². The Morgan fingerprint density at radius 2 is 2.67 bits per heavy atom. The first-order chi connectivity index (χ1) is 7.28. The molecule has 0 amide bonds. The minimum atomic E-state index is -0.0616. The second-order valence-electron chi connectivity index (χ2n) is 4.15. The van der Waals surface area contributed by atoms with Gasteiger partial charge in [-0.25, -0.2) is 4.68 Å². The van der Waals surface area contributed by atoms with Gasteiger partial charge in [-0.2, -0.15) is 5.10 Å². The molecule has 0 N–H and O–H groups in total. The zero-order valence-electron chi connectivity index (χ0n) is 8.57. The van der Waals surface area contributed by atoms with Gasteiger partial charge in [-0.3, -0.25) is 0 Å². The monoisotopic (exact) mass is 272 g/mol. The molecule has 4 nitrogen and oxygen atoms in total. The largest absolute Gasteiger partial charge is 0.362 e. The molecule has 1 aromatic heterocycles. The smallest absolute Gasteiger partial charge is 0.139 e. The van der Waals surface area contributed by atoms with Crippen molar-refractivity contribution in [3.63, 3.8) is 0 Å². The maximum atomic E-state index is 5.81. The Hall–Kier alpha value is -0.390. The molecule has 2 unspecified atom stereocenters. The SMILES string of the molecule is COCn1ncc(Br)c1C12CCCC1O2. The molecule has 2 fully saturated rings. The third-order valence-corrected chi connectivity index (χ3v) is 3.86. The van der Waals surface area contributed by atoms with Crippen molar-refractivity contribution in [2.45, 2.75) is 37.7 Å². The van der Waals surface area contributed by atoms with E-state index >= 15 is 0 Å². The highest BCUT2D eigenvalue weighted by Crippen LogP contribution is 2.58. The highest BCUT2D eigenvalue weighted by molar-refractivity contribution is 9.10. The van der Waals surface area contributed by atoms with E-state index in [1.807, 2.05) is 10.9 Å². The first-order valence-corrected chi connectivity index (χ1v) is 5.96. The number of ether oxygens (including phenoxy) is 2. The van der Waals surface area contributed by atoms with Gasteiger partial charge in [0.2, 0.25) is 0 Å². The number of epoxide rings is 1. The lowest BCUT2D eigenvalue weighted by atomic mass is 10.0. The third kappa shape index (κ3) is 1.30. The zero-order valence-corrected chi connectivity index (χ0v) is 10.2. The summed E-state index contributed by atoms with van der Waals surface area (Å²) in [7, 11) is 1.68. The van der Waals surface area contributed by atoms with E-state index in [1.165, 1.54) is 12.8 Å². The molecule has 1 saturated carbocycles. The van der Waals surface area contributed by atoms with Gasteiger partial charge in [-0.1, -0.05) is 0 Å². The standard InChI is InChI=1S/C10H13BrN2O2/c1-14-6-13-9(7(11)5-12-13)10-4-2-3-8(10)15-10/h5,8H,2-4,6H2,1H3. The number of halogens is 1. The molecule has 0 bridgehead atoms. The molecule has 0 radical (unpaired) electrons. The number of hydrogen-bond donors (Lipinski definition) is 0. The summed E-state index contributed by atoms with van der Waals surface area (Å²) in [6.07, 6.45) is 5.74.